The van der Waals surface area contributed by atoms with Crippen LogP contribution in [0.15, 0.2) is 29.2 Å². The van der Waals surface area contributed by atoms with Crippen LogP contribution in [0.3, 0.4) is 0 Å². The molecule has 2 aromatic heterocycles. The number of nitriles is 1. The van der Waals surface area contributed by atoms with Gasteiger partial charge in [-0.05, 0) is 63.9 Å². The van der Waals surface area contributed by atoms with Crippen molar-refractivity contribution in [1.29, 1.82) is 5.26 Å². The molecule has 0 aliphatic rings. The lowest BCUT2D eigenvalue weighted by molar-refractivity contribution is 0.0950. The minimum atomic E-state index is -0.337. The zero-order valence-electron chi connectivity index (χ0n) is 17.2. The lowest BCUT2D eigenvalue weighted by atomic mass is 10.0. The van der Waals surface area contributed by atoms with Crippen LogP contribution in [0.2, 0.25) is 0 Å². The van der Waals surface area contributed by atoms with Crippen molar-refractivity contribution in [3.05, 3.63) is 79.8 Å². The summed E-state index contributed by atoms with van der Waals surface area (Å²) in [6, 6.07) is 7.31. The predicted octanol–water partition coefficient (Wildman–Crippen LogP) is 2.90. The fourth-order valence-corrected chi connectivity index (χ4v) is 3.52. The second kappa shape index (κ2) is 7.76. The molecule has 0 unspecified atom stereocenters. The van der Waals surface area contributed by atoms with E-state index in [0.717, 1.165) is 34.0 Å². The number of aryl methyl sites for hydroxylation is 4. The first kappa shape index (κ1) is 20.1. The van der Waals surface area contributed by atoms with E-state index < -0.39 is 0 Å². The number of pyridine rings is 1. The summed E-state index contributed by atoms with van der Waals surface area (Å²) in [6.45, 7) is 9.40. The number of hydrogen-bond acceptors (Lipinski definition) is 4. The van der Waals surface area contributed by atoms with Gasteiger partial charge in [0, 0.05) is 35.3 Å². The Morgan fingerprint density at radius 3 is 2.52 bits per heavy atom. The van der Waals surface area contributed by atoms with Crippen LogP contribution >= 0.6 is 0 Å². The number of benzene rings is 1. The SMILES string of the molecule is Cc1cc(C)c(CNC(=O)c2cc(C#N)cc(-n3c(C)cnc3C)c2C)c(=O)[nH]1. The standard InChI is InChI=1S/C22H23N5O2/c1-12-6-13(2)26-22(29)19(12)11-25-21(28)18-7-17(9-23)8-20(15(18)4)27-14(3)10-24-16(27)5/h6-8,10H,11H2,1-5H3,(H,25,28)(H,26,29). The fraction of sp³-hybridized carbons (Fsp3) is 0.273. The molecule has 2 heterocycles. The molecule has 0 radical (unpaired) electrons. The quantitative estimate of drug-likeness (QED) is 0.716. The van der Waals surface area contributed by atoms with E-state index in [2.05, 4.69) is 21.4 Å². The normalized spacial score (nSPS) is 10.6. The molecule has 29 heavy (non-hydrogen) atoms. The minimum absolute atomic E-state index is 0.106. The van der Waals surface area contributed by atoms with Gasteiger partial charge in [-0.15, -0.1) is 0 Å². The Morgan fingerprint density at radius 1 is 1.21 bits per heavy atom. The van der Waals surface area contributed by atoms with Gasteiger partial charge >= 0.3 is 0 Å². The van der Waals surface area contributed by atoms with Crippen molar-refractivity contribution in [2.75, 3.05) is 0 Å². The Bertz CT molecular complexity index is 1190. The van der Waals surface area contributed by atoms with Crippen molar-refractivity contribution in [1.82, 2.24) is 19.9 Å². The molecule has 7 heteroatoms. The molecule has 0 aliphatic heterocycles. The smallest absolute Gasteiger partial charge is 0.253 e. The number of aromatic nitrogens is 3. The van der Waals surface area contributed by atoms with Crippen molar-refractivity contribution in [3.8, 4) is 11.8 Å². The van der Waals surface area contributed by atoms with Crippen LogP contribution in [0.5, 0.6) is 0 Å². The highest BCUT2D eigenvalue weighted by Gasteiger charge is 2.18. The van der Waals surface area contributed by atoms with Crippen LogP contribution in [0, 0.1) is 45.9 Å². The highest BCUT2D eigenvalue weighted by molar-refractivity contribution is 5.97. The van der Waals surface area contributed by atoms with Gasteiger partial charge in [0.25, 0.3) is 11.5 Å². The molecule has 3 aromatic rings. The van der Waals surface area contributed by atoms with E-state index >= 15 is 0 Å². The number of carbonyl (C=O) groups is 1. The molecule has 0 aliphatic carbocycles. The second-order valence-corrected chi connectivity index (χ2v) is 7.19. The van der Waals surface area contributed by atoms with Crippen LogP contribution < -0.4 is 10.9 Å². The van der Waals surface area contributed by atoms with Crippen LogP contribution in [-0.2, 0) is 6.54 Å². The van der Waals surface area contributed by atoms with Crippen LogP contribution in [0.4, 0.5) is 0 Å². The van der Waals surface area contributed by atoms with Crippen molar-refractivity contribution in [2.45, 2.75) is 41.2 Å². The van der Waals surface area contributed by atoms with Crippen molar-refractivity contribution in [2.24, 2.45) is 0 Å². The van der Waals surface area contributed by atoms with E-state index in [4.69, 9.17) is 0 Å². The highest BCUT2D eigenvalue weighted by Crippen LogP contribution is 2.24. The highest BCUT2D eigenvalue weighted by atomic mass is 16.1. The van der Waals surface area contributed by atoms with Gasteiger partial charge in [-0.2, -0.15) is 5.26 Å². The summed E-state index contributed by atoms with van der Waals surface area (Å²) in [5, 5.41) is 12.3. The maximum Gasteiger partial charge on any atom is 0.253 e. The van der Waals surface area contributed by atoms with Gasteiger partial charge in [0.2, 0.25) is 0 Å². The van der Waals surface area contributed by atoms with Gasteiger partial charge in [-0.25, -0.2) is 4.98 Å². The molecule has 1 amide bonds. The Balaban J connectivity index is 1.99. The number of rotatable bonds is 4. The zero-order chi connectivity index (χ0) is 21.3. The molecule has 1 aromatic carbocycles. The Kier molecular flexibility index (Phi) is 5.37. The molecule has 0 saturated heterocycles. The summed E-state index contributed by atoms with van der Waals surface area (Å²) in [4.78, 5) is 32.2. The number of carbonyl (C=O) groups excluding carboxylic acids is 1. The predicted molar refractivity (Wildman–Crippen MR) is 110 cm³/mol. The summed E-state index contributed by atoms with van der Waals surface area (Å²) in [5.74, 6) is 0.435. The Morgan fingerprint density at radius 2 is 1.93 bits per heavy atom. The molecule has 0 bridgehead atoms. The number of H-pyrrole nitrogens is 1. The molecular formula is C22H23N5O2. The number of hydrogen-bond donors (Lipinski definition) is 2. The fourth-order valence-electron chi connectivity index (χ4n) is 3.52. The van der Waals surface area contributed by atoms with Crippen molar-refractivity contribution >= 4 is 5.91 Å². The van der Waals surface area contributed by atoms with Gasteiger partial charge in [0.15, 0.2) is 0 Å². The number of imidazole rings is 1. The first-order chi connectivity index (χ1) is 13.7. The Hall–Kier alpha value is -3.66. The van der Waals surface area contributed by atoms with E-state index in [9.17, 15) is 14.9 Å². The molecule has 0 saturated carbocycles. The third kappa shape index (κ3) is 3.83. The van der Waals surface area contributed by atoms with E-state index in [1.54, 1.807) is 18.3 Å². The third-order valence-electron chi connectivity index (χ3n) is 5.03. The lowest BCUT2D eigenvalue weighted by Gasteiger charge is -2.16. The molecule has 2 N–H and O–H groups in total. The van der Waals surface area contributed by atoms with Crippen LogP contribution in [-0.4, -0.2) is 20.4 Å². The summed E-state index contributed by atoms with van der Waals surface area (Å²) in [6.07, 6.45) is 1.75. The average molecular weight is 389 g/mol. The molecule has 0 spiro atoms. The van der Waals surface area contributed by atoms with Crippen LogP contribution in [0.25, 0.3) is 5.69 Å². The number of nitrogens with zero attached hydrogens (tertiary/aromatic N) is 3. The first-order valence-corrected chi connectivity index (χ1v) is 9.26. The Labute approximate surface area is 169 Å². The average Bonchev–Trinajstić information content (AvgIpc) is 2.99. The second-order valence-electron chi connectivity index (χ2n) is 7.19. The van der Waals surface area contributed by atoms with Crippen molar-refractivity contribution < 1.29 is 4.79 Å². The molecule has 3 rings (SSSR count). The van der Waals surface area contributed by atoms with E-state index in [1.807, 2.05) is 45.3 Å². The topological polar surface area (TPSA) is 104 Å². The van der Waals surface area contributed by atoms with Crippen LogP contribution in [0.1, 0.15) is 49.8 Å². The first-order valence-electron chi connectivity index (χ1n) is 9.26. The zero-order valence-corrected chi connectivity index (χ0v) is 17.2. The maximum absolute atomic E-state index is 12.9. The van der Waals surface area contributed by atoms with Gasteiger partial charge in [0.1, 0.15) is 5.82 Å². The summed E-state index contributed by atoms with van der Waals surface area (Å²) < 4.78 is 1.92. The molecule has 148 valence electrons. The summed E-state index contributed by atoms with van der Waals surface area (Å²) in [5.41, 5.74) is 5.06. The molecule has 7 nitrogen and oxygen atoms in total. The maximum atomic E-state index is 12.9. The summed E-state index contributed by atoms with van der Waals surface area (Å²) >= 11 is 0. The van der Waals surface area contributed by atoms with Gasteiger partial charge < -0.3 is 14.9 Å². The molecule has 0 fully saturated rings. The van der Waals surface area contributed by atoms with E-state index in [1.165, 1.54) is 0 Å². The van der Waals surface area contributed by atoms with E-state index in [-0.39, 0.29) is 18.0 Å². The molecule has 0 atom stereocenters. The van der Waals surface area contributed by atoms with Gasteiger partial charge in [0.05, 0.1) is 17.3 Å². The number of nitrogens with one attached hydrogen (secondary N) is 2. The lowest BCUT2D eigenvalue weighted by Crippen LogP contribution is -2.28. The third-order valence-corrected chi connectivity index (χ3v) is 5.03. The van der Waals surface area contributed by atoms with E-state index in [0.29, 0.717) is 16.7 Å². The number of aromatic amines is 1. The summed E-state index contributed by atoms with van der Waals surface area (Å²) in [7, 11) is 0. The van der Waals surface area contributed by atoms with Gasteiger partial charge in [-0.3, -0.25) is 9.59 Å². The monoisotopic (exact) mass is 389 g/mol. The minimum Gasteiger partial charge on any atom is -0.348 e. The number of amides is 1. The largest absolute Gasteiger partial charge is 0.348 e. The van der Waals surface area contributed by atoms with Crippen molar-refractivity contribution in [3.63, 3.8) is 0 Å². The molecular weight excluding hydrogens is 366 g/mol. The van der Waals surface area contributed by atoms with Gasteiger partial charge in [-0.1, -0.05) is 0 Å².